The second-order valence-electron chi connectivity index (χ2n) is 10.5. The lowest BCUT2D eigenvalue weighted by atomic mass is 9.97. The van der Waals surface area contributed by atoms with Crippen molar-refractivity contribution in [2.24, 2.45) is 13.0 Å². The zero-order chi connectivity index (χ0) is 24.3. The Bertz CT molecular complexity index is 631. The number of imidazole rings is 1. The van der Waals surface area contributed by atoms with Gasteiger partial charge < -0.3 is 9.47 Å². The standard InChI is InChI=1S/C29H53N2O3/c1-3-4-5-6-7-8-9-10-11-12-13-15-18-27-23-28(33-24-27)25-34-29(32)19-16-14-17-20-31-22-21-30(2)26-31/h21-22,26-28H,3-20,23-25H2,1-2H3/q+1. The van der Waals surface area contributed by atoms with Gasteiger partial charge in [-0.1, -0.05) is 84.0 Å². The van der Waals surface area contributed by atoms with E-state index in [1.165, 1.54) is 83.5 Å². The maximum atomic E-state index is 12.0. The number of ether oxygens (including phenoxy) is 2. The summed E-state index contributed by atoms with van der Waals surface area (Å²) < 4.78 is 15.6. The molecule has 34 heavy (non-hydrogen) atoms. The molecule has 0 saturated carbocycles. The molecule has 0 spiro atoms. The highest BCUT2D eigenvalue weighted by atomic mass is 16.6. The summed E-state index contributed by atoms with van der Waals surface area (Å²) in [6, 6.07) is 0. The topological polar surface area (TPSA) is 44.3 Å². The summed E-state index contributed by atoms with van der Waals surface area (Å²) in [5.41, 5.74) is 0. The van der Waals surface area contributed by atoms with Crippen LogP contribution in [0.4, 0.5) is 0 Å². The molecular formula is C29H53N2O3+. The van der Waals surface area contributed by atoms with Crippen molar-refractivity contribution < 1.29 is 18.8 Å². The number of nitrogens with zero attached hydrogens (tertiary/aromatic N) is 2. The van der Waals surface area contributed by atoms with Crippen LogP contribution in [0.15, 0.2) is 18.7 Å². The van der Waals surface area contributed by atoms with Gasteiger partial charge in [-0.15, -0.1) is 0 Å². The molecule has 196 valence electrons. The molecule has 1 saturated heterocycles. The van der Waals surface area contributed by atoms with Gasteiger partial charge in [0.05, 0.1) is 26.3 Å². The SMILES string of the molecule is CCCCCCCCCCCCCCC1COC(COC(=O)CCCCCn2cc[n+](C)c2)C1. The van der Waals surface area contributed by atoms with Crippen LogP contribution in [0.2, 0.25) is 0 Å². The van der Waals surface area contributed by atoms with E-state index in [-0.39, 0.29) is 12.1 Å². The molecule has 1 aliphatic rings. The minimum Gasteiger partial charge on any atom is -0.463 e. The van der Waals surface area contributed by atoms with Gasteiger partial charge in [0.25, 0.3) is 0 Å². The summed E-state index contributed by atoms with van der Waals surface area (Å²) in [7, 11) is 2.03. The highest BCUT2D eigenvalue weighted by Crippen LogP contribution is 2.25. The van der Waals surface area contributed by atoms with Gasteiger partial charge in [0.2, 0.25) is 6.33 Å². The van der Waals surface area contributed by atoms with Crippen molar-refractivity contribution in [2.75, 3.05) is 13.2 Å². The lowest BCUT2D eigenvalue weighted by Gasteiger charge is -2.11. The number of aromatic nitrogens is 2. The van der Waals surface area contributed by atoms with Crippen LogP contribution in [-0.2, 0) is 27.9 Å². The summed E-state index contributed by atoms with van der Waals surface area (Å²) in [5.74, 6) is 0.586. The van der Waals surface area contributed by atoms with Crippen LogP contribution >= 0.6 is 0 Å². The van der Waals surface area contributed by atoms with Crippen LogP contribution in [0.1, 0.15) is 122 Å². The first-order valence-electron chi connectivity index (χ1n) is 14.5. The quantitative estimate of drug-likeness (QED) is 0.110. The van der Waals surface area contributed by atoms with Crippen molar-refractivity contribution >= 4 is 5.97 Å². The monoisotopic (exact) mass is 477 g/mol. The van der Waals surface area contributed by atoms with Gasteiger partial charge in [-0.3, -0.25) is 4.79 Å². The van der Waals surface area contributed by atoms with E-state index in [2.05, 4.69) is 24.0 Å². The smallest absolute Gasteiger partial charge is 0.305 e. The third-order valence-electron chi connectivity index (χ3n) is 7.18. The van der Waals surface area contributed by atoms with Crippen molar-refractivity contribution in [2.45, 2.75) is 135 Å². The predicted octanol–water partition coefficient (Wildman–Crippen LogP) is 6.91. The Morgan fingerprint density at radius 3 is 2.24 bits per heavy atom. The minimum absolute atomic E-state index is 0.0691. The summed E-state index contributed by atoms with van der Waals surface area (Å²) in [5, 5.41) is 0. The minimum atomic E-state index is -0.0691. The van der Waals surface area contributed by atoms with Crippen molar-refractivity contribution in [3.63, 3.8) is 0 Å². The van der Waals surface area contributed by atoms with Gasteiger partial charge in [-0.2, -0.15) is 0 Å². The zero-order valence-corrected chi connectivity index (χ0v) is 22.4. The Labute approximate surface area is 209 Å². The molecule has 1 aliphatic heterocycles. The molecule has 0 aromatic carbocycles. The molecule has 5 nitrogen and oxygen atoms in total. The van der Waals surface area contributed by atoms with Crippen molar-refractivity contribution in [1.29, 1.82) is 0 Å². The number of carbonyl (C=O) groups excluding carboxylic acids is 1. The van der Waals surface area contributed by atoms with E-state index in [4.69, 9.17) is 9.47 Å². The Morgan fingerprint density at radius 1 is 0.941 bits per heavy atom. The van der Waals surface area contributed by atoms with Gasteiger partial charge in [-0.25, -0.2) is 9.13 Å². The fraction of sp³-hybridized carbons (Fsp3) is 0.862. The molecule has 0 N–H and O–H groups in total. The summed E-state index contributed by atoms with van der Waals surface area (Å²) in [6.45, 7) is 4.57. The Kier molecular flexibility index (Phi) is 16.1. The first-order valence-corrected chi connectivity index (χ1v) is 14.5. The van der Waals surface area contributed by atoms with Gasteiger partial charge in [-0.05, 0) is 38.0 Å². The lowest BCUT2D eigenvalue weighted by Crippen LogP contribution is -2.23. The van der Waals surface area contributed by atoms with Gasteiger partial charge in [0, 0.05) is 6.42 Å². The van der Waals surface area contributed by atoms with Crippen LogP contribution in [0, 0.1) is 5.92 Å². The van der Waals surface area contributed by atoms with Crippen molar-refractivity contribution in [3.05, 3.63) is 18.7 Å². The molecule has 1 fully saturated rings. The highest BCUT2D eigenvalue weighted by molar-refractivity contribution is 5.69. The molecular weight excluding hydrogens is 424 g/mol. The summed E-state index contributed by atoms with van der Waals surface area (Å²) in [4.78, 5) is 12.0. The second-order valence-corrected chi connectivity index (χ2v) is 10.5. The van der Waals surface area contributed by atoms with Crippen molar-refractivity contribution in [3.8, 4) is 0 Å². The lowest BCUT2D eigenvalue weighted by molar-refractivity contribution is -0.671. The van der Waals surface area contributed by atoms with E-state index >= 15 is 0 Å². The average molecular weight is 478 g/mol. The summed E-state index contributed by atoms with van der Waals surface area (Å²) in [6.07, 6.45) is 29.0. The molecule has 1 aromatic rings. The van der Waals surface area contributed by atoms with Crippen LogP contribution in [0.25, 0.3) is 0 Å². The molecule has 0 bridgehead atoms. The molecule has 2 heterocycles. The fourth-order valence-electron chi connectivity index (χ4n) is 5.00. The van der Waals surface area contributed by atoms with Crippen LogP contribution in [-0.4, -0.2) is 29.9 Å². The normalized spacial score (nSPS) is 17.9. The van der Waals surface area contributed by atoms with Crippen LogP contribution in [0.3, 0.4) is 0 Å². The highest BCUT2D eigenvalue weighted by Gasteiger charge is 2.26. The van der Waals surface area contributed by atoms with Crippen LogP contribution in [0.5, 0.6) is 0 Å². The molecule has 5 heteroatoms. The Morgan fingerprint density at radius 2 is 1.59 bits per heavy atom. The van der Waals surface area contributed by atoms with E-state index in [1.54, 1.807) is 0 Å². The number of rotatable bonds is 21. The number of hydrogen-bond acceptors (Lipinski definition) is 3. The van der Waals surface area contributed by atoms with Gasteiger partial charge in [0.1, 0.15) is 19.0 Å². The molecule has 0 radical (unpaired) electrons. The van der Waals surface area contributed by atoms with Crippen LogP contribution < -0.4 is 4.57 Å². The first kappa shape index (κ1) is 28.9. The van der Waals surface area contributed by atoms with E-state index < -0.39 is 0 Å². The molecule has 0 aliphatic carbocycles. The third kappa shape index (κ3) is 14.1. The zero-order valence-electron chi connectivity index (χ0n) is 22.4. The number of carbonyl (C=O) groups is 1. The molecule has 0 amide bonds. The first-order chi connectivity index (χ1) is 16.7. The van der Waals surface area contributed by atoms with Gasteiger partial charge >= 0.3 is 5.97 Å². The average Bonchev–Trinajstić information content (AvgIpc) is 3.46. The Hall–Kier alpha value is -1.36. The van der Waals surface area contributed by atoms with E-state index in [0.717, 1.165) is 38.8 Å². The number of aryl methyl sites for hydroxylation is 2. The van der Waals surface area contributed by atoms with Gasteiger partial charge in [0.15, 0.2) is 0 Å². The summed E-state index contributed by atoms with van der Waals surface area (Å²) >= 11 is 0. The molecule has 2 atom stereocenters. The molecule has 1 aromatic heterocycles. The molecule has 2 rings (SSSR count). The fourth-order valence-corrected chi connectivity index (χ4v) is 5.00. The Balaban J connectivity index is 1.34. The second kappa shape index (κ2) is 18.9. The molecule has 2 unspecified atom stereocenters. The van der Waals surface area contributed by atoms with E-state index in [9.17, 15) is 4.79 Å². The van der Waals surface area contributed by atoms with Crippen molar-refractivity contribution in [1.82, 2.24) is 4.57 Å². The third-order valence-corrected chi connectivity index (χ3v) is 7.18. The maximum absolute atomic E-state index is 12.0. The predicted molar refractivity (Wildman–Crippen MR) is 139 cm³/mol. The largest absolute Gasteiger partial charge is 0.463 e. The van der Waals surface area contributed by atoms with E-state index in [1.807, 2.05) is 17.8 Å². The number of unbranched alkanes of at least 4 members (excludes halogenated alkanes) is 13. The number of esters is 1. The number of hydrogen-bond donors (Lipinski definition) is 0. The van der Waals surface area contributed by atoms with E-state index in [0.29, 0.717) is 18.9 Å². The maximum Gasteiger partial charge on any atom is 0.305 e.